The molecule has 0 amide bonds. The predicted octanol–water partition coefficient (Wildman–Crippen LogP) is 3.45. The first-order valence-corrected chi connectivity index (χ1v) is 8.30. The van der Waals surface area contributed by atoms with E-state index in [0.29, 0.717) is 0 Å². The molecule has 2 rings (SSSR count). The molecule has 21 heavy (non-hydrogen) atoms. The second kappa shape index (κ2) is 7.43. The van der Waals surface area contributed by atoms with E-state index in [1.54, 1.807) is 11.3 Å². The zero-order valence-corrected chi connectivity index (χ0v) is 13.8. The summed E-state index contributed by atoms with van der Waals surface area (Å²) in [5, 5.41) is 6.48. The van der Waals surface area contributed by atoms with Gasteiger partial charge in [0, 0.05) is 29.7 Å². The number of benzene rings is 1. The summed E-state index contributed by atoms with van der Waals surface area (Å²) in [6.45, 7) is 10.6. The molecule has 114 valence electrons. The molecule has 0 radical (unpaired) electrons. The molecule has 5 heteroatoms. The van der Waals surface area contributed by atoms with Crippen molar-refractivity contribution < 1.29 is 0 Å². The van der Waals surface area contributed by atoms with Crippen molar-refractivity contribution in [2.75, 3.05) is 37.2 Å². The Morgan fingerprint density at radius 1 is 1.29 bits per heavy atom. The number of nitrogens with zero attached hydrogens (tertiary/aromatic N) is 2. The first-order chi connectivity index (χ1) is 10.1. The molecule has 4 nitrogen and oxygen atoms in total. The van der Waals surface area contributed by atoms with Gasteiger partial charge in [-0.2, -0.15) is 0 Å². The lowest BCUT2D eigenvalue weighted by atomic mass is 10.1. The lowest BCUT2D eigenvalue weighted by Crippen LogP contribution is -2.28. The van der Waals surface area contributed by atoms with Crippen LogP contribution in [0.15, 0.2) is 23.6 Å². The van der Waals surface area contributed by atoms with E-state index in [1.807, 2.05) is 18.2 Å². The van der Waals surface area contributed by atoms with Crippen molar-refractivity contribution in [1.82, 2.24) is 9.88 Å². The van der Waals surface area contributed by atoms with E-state index in [-0.39, 0.29) is 0 Å². The van der Waals surface area contributed by atoms with E-state index < -0.39 is 0 Å². The van der Waals surface area contributed by atoms with Crippen LogP contribution < -0.4 is 11.1 Å². The molecule has 2 aromatic rings. The van der Waals surface area contributed by atoms with Gasteiger partial charge in [-0.3, -0.25) is 0 Å². The second-order valence-corrected chi connectivity index (χ2v) is 5.92. The minimum atomic E-state index is 0.795. The highest BCUT2D eigenvalue weighted by molar-refractivity contribution is 7.14. The number of likely N-dealkylation sites (N-methyl/N-ethyl adjacent to an activating group) is 1. The summed E-state index contributed by atoms with van der Waals surface area (Å²) in [7, 11) is 0. The van der Waals surface area contributed by atoms with Crippen molar-refractivity contribution in [2.24, 2.45) is 0 Å². The maximum absolute atomic E-state index is 5.80. The molecule has 0 atom stereocenters. The quantitative estimate of drug-likeness (QED) is 0.769. The molecule has 1 aromatic carbocycles. The van der Waals surface area contributed by atoms with Crippen LogP contribution in [0.3, 0.4) is 0 Å². The SMILES string of the molecule is CCN(CC)CCNc1nc(-c2ccc(N)cc2C)cs1. The van der Waals surface area contributed by atoms with Gasteiger partial charge in [0.25, 0.3) is 0 Å². The zero-order valence-electron chi connectivity index (χ0n) is 13.0. The van der Waals surface area contributed by atoms with Crippen LogP contribution in [-0.2, 0) is 0 Å². The van der Waals surface area contributed by atoms with Crippen LogP contribution in [0.5, 0.6) is 0 Å². The van der Waals surface area contributed by atoms with Gasteiger partial charge in [-0.05, 0) is 37.7 Å². The van der Waals surface area contributed by atoms with Crippen molar-refractivity contribution >= 4 is 22.2 Å². The van der Waals surface area contributed by atoms with E-state index >= 15 is 0 Å². The smallest absolute Gasteiger partial charge is 0.183 e. The minimum Gasteiger partial charge on any atom is -0.399 e. The highest BCUT2D eigenvalue weighted by Crippen LogP contribution is 2.28. The largest absolute Gasteiger partial charge is 0.399 e. The van der Waals surface area contributed by atoms with Gasteiger partial charge in [0.15, 0.2) is 5.13 Å². The van der Waals surface area contributed by atoms with Crippen molar-refractivity contribution in [3.05, 3.63) is 29.1 Å². The van der Waals surface area contributed by atoms with E-state index in [1.165, 1.54) is 0 Å². The molecule has 0 aliphatic carbocycles. The van der Waals surface area contributed by atoms with Crippen LogP contribution >= 0.6 is 11.3 Å². The Hall–Kier alpha value is -1.59. The van der Waals surface area contributed by atoms with Crippen LogP contribution in [0.1, 0.15) is 19.4 Å². The molecule has 0 fully saturated rings. The number of nitrogen functional groups attached to an aromatic ring is 1. The van der Waals surface area contributed by atoms with Gasteiger partial charge >= 0.3 is 0 Å². The molecule has 0 saturated carbocycles. The molecule has 0 bridgehead atoms. The van der Waals surface area contributed by atoms with Gasteiger partial charge in [0.1, 0.15) is 0 Å². The van der Waals surface area contributed by atoms with E-state index in [4.69, 9.17) is 5.73 Å². The van der Waals surface area contributed by atoms with Crippen LogP contribution in [0.4, 0.5) is 10.8 Å². The Morgan fingerprint density at radius 3 is 2.71 bits per heavy atom. The first kappa shape index (κ1) is 15.8. The summed E-state index contributed by atoms with van der Waals surface area (Å²) in [4.78, 5) is 7.06. The standard InChI is InChI=1S/C16H24N4S/c1-4-20(5-2)9-8-18-16-19-15(11-21-16)14-7-6-13(17)10-12(14)3/h6-7,10-11H,4-5,8-9,17H2,1-3H3,(H,18,19). The van der Waals surface area contributed by atoms with Gasteiger partial charge < -0.3 is 16.0 Å². The fraction of sp³-hybridized carbons (Fsp3) is 0.438. The first-order valence-electron chi connectivity index (χ1n) is 7.42. The summed E-state index contributed by atoms with van der Waals surface area (Å²) in [6, 6.07) is 5.96. The highest BCUT2D eigenvalue weighted by Gasteiger charge is 2.07. The summed E-state index contributed by atoms with van der Waals surface area (Å²) in [5.74, 6) is 0. The molecule has 0 saturated heterocycles. The summed E-state index contributed by atoms with van der Waals surface area (Å²) in [5.41, 5.74) is 9.92. The second-order valence-electron chi connectivity index (χ2n) is 5.07. The minimum absolute atomic E-state index is 0.795. The fourth-order valence-electron chi connectivity index (χ4n) is 2.31. The number of anilines is 2. The van der Waals surface area contributed by atoms with Crippen LogP contribution in [-0.4, -0.2) is 36.1 Å². The van der Waals surface area contributed by atoms with Crippen molar-refractivity contribution in [1.29, 1.82) is 0 Å². The van der Waals surface area contributed by atoms with Crippen molar-refractivity contribution in [3.63, 3.8) is 0 Å². The molecular formula is C16H24N4S. The van der Waals surface area contributed by atoms with Gasteiger partial charge in [-0.1, -0.05) is 19.9 Å². The van der Waals surface area contributed by atoms with E-state index in [9.17, 15) is 0 Å². The Kier molecular flexibility index (Phi) is 5.59. The maximum atomic E-state index is 5.80. The number of aryl methyl sites for hydroxylation is 1. The molecule has 0 spiro atoms. The lowest BCUT2D eigenvalue weighted by Gasteiger charge is -2.17. The zero-order chi connectivity index (χ0) is 15.2. The van der Waals surface area contributed by atoms with Gasteiger partial charge in [-0.25, -0.2) is 4.98 Å². The van der Waals surface area contributed by atoms with Crippen LogP contribution in [0, 0.1) is 6.92 Å². The average Bonchev–Trinajstić information content (AvgIpc) is 2.92. The average molecular weight is 304 g/mol. The monoisotopic (exact) mass is 304 g/mol. The topological polar surface area (TPSA) is 54.2 Å². The summed E-state index contributed by atoms with van der Waals surface area (Å²) >= 11 is 1.65. The number of aromatic nitrogens is 1. The van der Waals surface area contributed by atoms with E-state index in [2.05, 4.69) is 41.4 Å². The van der Waals surface area contributed by atoms with Crippen LogP contribution in [0.2, 0.25) is 0 Å². The van der Waals surface area contributed by atoms with E-state index in [0.717, 1.165) is 53.8 Å². The van der Waals surface area contributed by atoms with Crippen molar-refractivity contribution in [3.8, 4) is 11.3 Å². The molecule has 0 aliphatic rings. The molecule has 1 heterocycles. The molecule has 3 N–H and O–H groups in total. The third-order valence-corrected chi connectivity index (χ3v) is 4.43. The normalized spacial score (nSPS) is 11.0. The number of nitrogens with one attached hydrogen (secondary N) is 1. The lowest BCUT2D eigenvalue weighted by molar-refractivity contribution is 0.316. The third-order valence-electron chi connectivity index (χ3n) is 3.63. The molecular weight excluding hydrogens is 280 g/mol. The Morgan fingerprint density at radius 2 is 2.05 bits per heavy atom. The highest BCUT2D eigenvalue weighted by atomic mass is 32.1. The van der Waals surface area contributed by atoms with Gasteiger partial charge in [0.05, 0.1) is 5.69 Å². The Bertz CT molecular complexity index is 575. The van der Waals surface area contributed by atoms with Crippen molar-refractivity contribution in [2.45, 2.75) is 20.8 Å². The number of hydrogen-bond acceptors (Lipinski definition) is 5. The predicted molar refractivity (Wildman–Crippen MR) is 93.0 cm³/mol. The van der Waals surface area contributed by atoms with Crippen LogP contribution in [0.25, 0.3) is 11.3 Å². The third kappa shape index (κ3) is 4.19. The molecule has 0 aliphatic heterocycles. The Balaban J connectivity index is 1.98. The Labute approximate surface area is 131 Å². The number of rotatable bonds is 7. The summed E-state index contributed by atoms with van der Waals surface area (Å²) < 4.78 is 0. The molecule has 1 aromatic heterocycles. The van der Waals surface area contributed by atoms with Gasteiger partial charge in [-0.15, -0.1) is 11.3 Å². The number of nitrogens with two attached hydrogens (primary N) is 1. The molecule has 0 unspecified atom stereocenters. The number of hydrogen-bond donors (Lipinski definition) is 2. The van der Waals surface area contributed by atoms with Gasteiger partial charge in [0.2, 0.25) is 0 Å². The summed E-state index contributed by atoms with van der Waals surface area (Å²) in [6.07, 6.45) is 0. The number of thiazole rings is 1. The fourth-order valence-corrected chi connectivity index (χ4v) is 3.05. The maximum Gasteiger partial charge on any atom is 0.183 e.